The summed E-state index contributed by atoms with van der Waals surface area (Å²) in [7, 11) is 1.71. The highest BCUT2D eigenvalue weighted by Gasteiger charge is 2.40. The lowest BCUT2D eigenvalue weighted by Gasteiger charge is -2.47. The van der Waals surface area contributed by atoms with Crippen LogP contribution in [-0.4, -0.2) is 13.7 Å². The van der Waals surface area contributed by atoms with Crippen LogP contribution < -0.4 is 10.1 Å². The summed E-state index contributed by atoms with van der Waals surface area (Å²) < 4.78 is 5.21. The summed E-state index contributed by atoms with van der Waals surface area (Å²) in [6.45, 7) is 8.04. The average Bonchev–Trinajstić information content (AvgIpc) is 2.23. The van der Waals surface area contributed by atoms with Crippen LogP contribution in [-0.2, 0) is 5.54 Å². The maximum Gasteiger partial charge on any atom is 0.118 e. The van der Waals surface area contributed by atoms with Gasteiger partial charge in [0, 0.05) is 5.54 Å². The van der Waals surface area contributed by atoms with Crippen molar-refractivity contribution in [2.45, 2.75) is 39.2 Å². The maximum atomic E-state index is 5.21. The van der Waals surface area contributed by atoms with E-state index in [0.717, 1.165) is 12.3 Å². The molecule has 0 aliphatic carbocycles. The standard InChI is InChI=1S/C15H23NO/c1-14(2,3)11-15(9-10-16-15)12-5-7-13(17-4)8-6-12/h5-8,16H,9-11H2,1-4H3. The summed E-state index contributed by atoms with van der Waals surface area (Å²) in [5, 5.41) is 3.63. The summed E-state index contributed by atoms with van der Waals surface area (Å²) in [4.78, 5) is 0. The molecule has 2 nitrogen and oxygen atoms in total. The molecule has 0 radical (unpaired) electrons. The fraction of sp³-hybridized carbons (Fsp3) is 0.600. The molecule has 1 aromatic rings. The van der Waals surface area contributed by atoms with Crippen LogP contribution in [0.4, 0.5) is 0 Å². The second kappa shape index (κ2) is 4.34. The molecular weight excluding hydrogens is 210 g/mol. The highest BCUT2D eigenvalue weighted by molar-refractivity contribution is 5.33. The van der Waals surface area contributed by atoms with Crippen molar-refractivity contribution in [2.24, 2.45) is 5.41 Å². The Kier molecular flexibility index (Phi) is 3.17. The first-order chi connectivity index (χ1) is 7.95. The largest absolute Gasteiger partial charge is 0.497 e. The Balaban J connectivity index is 2.22. The average molecular weight is 233 g/mol. The van der Waals surface area contributed by atoms with E-state index in [1.807, 2.05) is 0 Å². The summed E-state index contributed by atoms with van der Waals surface area (Å²) >= 11 is 0. The minimum atomic E-state index is 0.185. The predicted molar refractivity (Wildman–Crippen MR) is 71.4 cm³/mol. The molecule has 1 unspecified atom stereocenters. The third-order valence-corrected chi connectivity index (χ3v) is 3.49. The van der Waals surface area contributed by atoms with Gasteiger partial charge in [-0.25, -0.2) is 0 Å². The van der Waals surface area contributed by atoms with E-state index in [-0.39, 0.29) is 5.54 Å². The summed E-state index contributed by atoms with van der Waals surface area (Å²) in [5.41, 5.74) is 1.91. The molecule has 17 heavy (non-hydrogen) atoms. The number of methoxy groups -OCH3 is 1. The molecule has 1 aromatic carbocycles. The van der Waals surface area contributed by atoms with Crippen LogP contribution in [0.5, 0.6) is 5.75 Å². The second-order valence-electron chi connectivity index (χ2n) is 6.22. The van der Waals surface area contributed by atoms with Crippen molar-refractivity contribution in [3.63, 3.8) is 0 Å². The Morgan fingerprint density at radius 1 is 1.24 bits per heavy atom. The van der Waals surface area contributed by atoms with E-state index < -0.39 is 0 Å². The van der Waals surface area contributed by atoms with E-state index >= 15 is 0 Å². The van der Waals surface area contributed by atoms with Gasteiger partial charge in [-0.3, -0.25) is 0 Å². The SMILES string of the molecule is COc1ccc(C2(CC(C)(C)C)CCN2)cc1. The van der Waals surface area contributed by atoms with Crippen molar-refractivity contribution >= 4 is 0 Å². The first kappa shape index (κ1) is 12.4. The molecule has 1 saturated heterocycles. The van der Waals surface area contributed by atoms with E-state index in [1.54, 1.807) is 7.11 Å². The van der Waals surface area contributed by atoms with Crippen LogP contribution in [0.25, 0.3) is 0 Å². The molecule has 0 aromatic heterocycles. The molecule has 1 N–H and O–H groups in total. The van der Waals surface area contributed by atoms with Gasteiger partial charge in [-0.15, -0.1) is 0 Å². The Labute approximate surface area is 104 Å². The minimum absolute atomic E-state index is 0.185. The highest BCUT2D eigenvalue weighted by atomic mass is 16.5. The Morgan fingerprint density at radius 2 is 1.82 bits per heavy atom. The van der Waals surface area contributed by atoms with Crippen LogP contribution in [0.1, 0.15) is 39.2 Å². The number of ether oxygens (including phenoxy) is 1. The molecule has 94 valence electrons. The molecule has 1 fully saturated rings. The first-order valence-corrected chi connectivity index (χ1v) is 6.35. The van der Waals surface area contributed by atoms with E-state index in [4.69, 9.17) is 4.74 Å². The lowest BCUT2D eigenvalue weighted by molar-refractivity contribution is 0.132. The van der Waals surface area contributed by atoms with E-state index in [0.29, 0.717) is 5.41 Å². The molecule has 0 saturated carbocycles. The molecule has 0 spiro atoms. The zero-order chi connectivity index (χ0) is 12.5. The zero-order valence-corrected chi connectivity index (χ0v) is 11.3. The van der Waals surface area contributed by atoms with Crippen LogP contribution in [0.2, 0.25) is 0 Å². The number of rotatable bonds is 3. The molecule has 1 aliphatic rings. The monoisotopic (exact) mass is 233 g/mol. The third kappa shape index (κ3) is 2.63. The van der Waals surface area contributed by atoms with Gasteiger partial charge < -0.3 is 10.1 Å². The van der Waals surface area contributed by atoms with Gasteiger partial charge in [0.05, 0.1) is 7.11 Å². The molecular formula is C15H23NO. The molecule has 0 amide bonds. The molecule has 0 bridgehead atoms. The van der Waals surface area contributed by atoms with Gasteiger partial charge in [0.25, 0.3) is 0 Å². The van der Waals surface area contributed by atoms with Gasteiger partial charge >= 0.3 is 0 Å². The first-order valence-electron chi connectivity index (χ1n) is 6.35. The highest BCUT2D eigenvalue weighted by Crippen LogP contribution is 2.41. The number of benzene rings is 1. The van der Waals surface area contributed by atoms with Gasteiger partial charge in [0.1, 0.15) is 5.75 Å². The van der Waals surface area contributed by atoms with E-state index in [9.17, 15) is 0 Å². The Hall–Kier alpha value is -1.02. The molecule has 2 rings (SSSR count). The fourth-order valence-electron chi connectivity index (χ4n) is 2.74. The minimum Gasteiger partial charge on any atom is -0.497 e. The molecule has 1 aliphatic heterocycles. The molecule has 1 atom stereocenters. The van der Waals surface area contributed by atoms with E-state index in [2.05, 4.69) is 50.4 Å². The summed E-state index contributed by atoms with van der Waals surface area (Å²) in [5.74, 6) is 0.930. The summed E-state index contributed by atoms with van der Waals surface area (Å²) in [6, 6.07) is 8.49. The predicted octanol–water partition coefficient (Wildman–Crippen LogP) is 3.32. The topological polar surface area (TPSA) is 21.3 Å². The van der Waals surface area contributed by atoms with Crippen LogP contribution in [0.15, 0.2) is 24.3 Å². The number of hydrogen-bond donors (Lipinski definition) is 1. The van der Waals surface area contributed by atoms with Gasteiger partial charge in [0.2, 0.25) is 0 Å². The van der Waals surface area contributed by atoms with Crippen LogP contribution in [0, 0.1) is 5.41 Å². The third-order valence-electron chi connectivity index (χ3n) is 3.49. The molecule has 1 heterocycles. The van der Waals surface area contributed by atoms with Crippen molar-refractivity contribution < 1.29 is 4.74 Å². The zero-order valence-electron chi connectivity index (χ0n) is 11.3. The van der Waals surface area contributed by atoms with Gasteiger partial charge in [0.15, 0.2) is 0 Å². The van der Waals surface area contributed by atoms with E-state index in [1.165, 1.54) is 18.4 Å². The number of nitrogens with one attached hydrogen (secondary N) is 1. The smallest absolute Gasteiger partial charge is 0.118 e. The van der Waals surface area contributed by atoms with Crippen molar-refractivity contribution in [3.8, 4) is 5.75 Å². The maximum absolute atomic E-state index is 5.21. The van der Waals surface area contributed by atoms with Crippen molar-refractivity contribution in [2.75, 3.05) is 13.7 Å². The fourth-order valence-corrected chi connectivity index (χ4v) is 2.74. The van der Waals surface area contributed by atoms with Crippen LogP contribution in [0.3, 0.4) is 0 Å². The lowest BCUT2D eigenvalue weighted by Crippen LogP contribution is -2.55. The van der Waals surface area contributed by atoms with Crippen molar-refractivity contribution in [3.05, 3.63) is 29.8 Å². The normalized spacial score (nSPS) is 24.2. The quantitative estimate of drug-likeness (QED) is 0.864. The van der Waals surface area contributed by atoms with Crippen LogP contribution >= 0.6 is 0 Å². The van der Waals surface area contributed by atoms with Gasteiger partial charge in [-0.05, 0) is 42.5 Å². The number of hydrogen-bond acceptors (Lipinski definition) is 2. The lowest BCUT2D eigenvalue weighted by atomic mass is 9.70. The summed E-state index contributed by atoms with van der Waals surface area (Å²) in [6.07, 6.45) is 2.41. The van der Waals surface area contributed by atoms with Gasteiger partial charge in [-0.1, -0.05) is 32.9 Å². The molecule has 2 heteroatoms. The Bertz CT molecular complexity index is 371. The van der Waals surface area contributed by atoms with Crippen molar-refractivity contribution in [1.29, 1.82) is 0 Å². The van der Waals surface area contributed by atoms with Crippen molar-refractivity contribution in [1.82, 2.24) is 5.32 Å². The second-order valence-corrected chi connectivity index (χ2v) is 6.22. The Morgan fingerprint density at radius 3 is 2.18 bits per heavy atom. The van der Waals surface area contributed by atoms with Gasteiger partial charge in [-0.2, -0.15) is 0 Å².